The second kappa shape index (κ2) is 8.63. The van der Waals surface area contributed by atoms with E-state index in [2.05, 4.69) is 26.0 Å². The van der Waals surface area contributed by atoms with Gasteiger partial charge in [0.05, 0.1) is 18.0 Å². The standard InChI is InChI=1S/C20H19BrN2O3S/c1-23-16-9-4-3-8-15(16)18(21)19(23)20(25)22-13-6-5-7-14(12-13)27-11-10-17(24)26-2/h3-9,12H,10-11H2,1-2H3,(H,22,25). The summed E-state index contributed by atoms with van der Waals surface area (Å²) in [4.78, 5) is 25.0. The van der Waals surface area contributed by atoms with Crippen molar-refractivity contribution in [2.45, 2.75) is 11.3 Å². The number of halogens is 1. The van der Waals surface area contributed by atoms with E-state index in [0.717, 1.165) is 20.3 Å². The van der Waals surface area contributed by atoms with Gasteiger partial charge < -0.3 is 14.6 Å². The molecule has 0 aliphatic carbocycles. The Hall–Kier alpha value is -2.25. The van der Waals surface area contributed by atoms with Crippen molar-refractivity contribution in [3.05, 3.63) is 58.7 Å². The van der Waals surface area contributed by atoms with Gasteiger partial charge in [0.1, 0.15) is 5.69 Å². The van der Waals surface area contributed by atoms with Crippen LogP contribution >= 0.6 is 27.7 Å². The second-order valence-electron chi connectivity index (χ2n) is 5.90. The fraction of sp³-hybridized carbons (Fsp3) is 0.200. The van der Waals surface area contributed by atoms with Gasteiger partial charge in [0.25, 0.3) is 5.91 Å². The summed E-state index contributed by atoms with van der Waals surface area (Å²) in [6.07, 6.45) is 0.348. The number of ether oxygens (including phenoxy) is 1. The summed E-state index contributed by atoms with van der Waals surface area (Å²) in [5.74, 6) is 0.212. The normalized spacial score (nSPS) is 10.8. The van der Waals surface area contributed by atoms with Gasteiger partial charge in [-0.2, -0.15) is 0 Å². The Morgan fingerprint density at radius 3 is 2.70 bits per heavy atom. The smallest absolute Gasteiger partial charge is 0.306 e. The molecule has 5 nitrogen and oxygen atoms in total. The van der Waals surface area contributed by atoms with Crippen LogP contribution < -0.4 is 5.32 Å². The van der Waals surface area contributed by atoms with Crippen molar-refractivity contribution in [2.24, 2.45) is 7.05 Å². The number of amides is 1. The molecule has 2 aromatic carbocycles. The van der Waals surface area contributed by atoms with Crippen molar-refractivity contribution in [2.75, 3.05) is 18.2 Å². The van der Waals surface area contributed by atoms with Crippen molar-refractivity contribution in [1.82, 2.24) is 4.57 Å². The molecule has 0 spiro atoms. The summed E-state index contributed by atoms with van der Waals surface area (Å²) >= 11 is 5.10. The van der Waals surface area contributed by atoms with E-state index in [1.807, 2.05) is 60.1 Å². The number of thioether (sulfide) groups is 1. The number of rotatable bonds is 6. The van der Waals surface area contributed by atoms with E-state index < -0.39 is 0 Å². The van der Waals surface area contributed by atoms with Crippen molar-refractivity contribution < 1.29 is 14.3 Å². The molecule has 0 fully saturated rings. The third-order valence-corrected chi connectivity index (χ3v) is 5.95. The van der Waals surface area contributed by atoms with Gasteiger partial charge in [-0.1, -0.05) is 24.3 Å². The highest BCUT2D eigenvalue weighted by molar-refractivity contribution is 9.10. The number of carbonyl (C=O) groups is 2. The first-order valence-electron chi connectivity index (χ1n) is 8.35. The van der Waals surface area contributed by atoms with Gasteiger partial charge in [-0.3, -0.25) is 9.59 Å². The number of fused-ring (bicyclic) bond motifs is 1. The molecule has 27 heavy (non-hydrogen) atoms. The van der Waals surface area contributed by atoms with Crippen molar-refractivity contribution in [1.29, 1.82) is 0 Å². The quantitative estimate of drug-likeness (QED) is 0.434. The largest absolute Gasteiger partial charge is 0.469 e. The number of methoxy groups -OCH3 is 1. The molecule has 0 bridgehead atoms. The second-order valence-corrected chi connectivity index (χ2v) is 7.86. The van der Waals surface area contributed by atoms with Crippen LogP contribution in [0.1, 0.15) is 16.9 Å². The van der Waals surface area contributed by atoms with Crippen LogP contribution in [0.3, 0.4) is 0 Å². The van der Waals surface area contributed by atoms with E-state index in [1.165, 1.54) is 7.11 Å². The molecule has 0 saturated heterocycles. The Labute approximate surface area is 170 Å². The van der Waals surface area contributed by atoms with Crippen LogP contribution in [0, 0.1) is 0 Å². The minimum absolute atomic E-state index is 0.183. The fourth-order valence-electron chi connectivity index (χ4n) is 2.81. The summed E-state index contributed by atoms with van der Waals surface area (Å²) in [5.41, 5.74) is 2.27. The van der Waals surface area contributed by atoms with Crippen LogP contribution in [0.4, 0.5) is 5.69 Å². The third-order valence-electron chi connectivity index (χ3n) is 4.15. The Morgan fingerprint density at radius 2 is 1.96 bits per heavy atom. The SMILES string of the molecule is COC(=O)CCSc1cccc(NC(=O)c2c(Br)c3ccccc3n2C)c1. The van der Waals surface area contributed by atoms with E-state index in [0.29, 0.717) is 23.6 Å². The number of benzene rings is 2. The summed E-state index contributed by atoms with van der Waals surface area (Å²) in [7, 11) is 3.26. The Morgan fingerprint density at radius 1 is 1.19 bits per heavy atom. The molecule has 1 heterocycles. The molecule has 1 N–H and O–H groups in total. The maximum absolute atomic E-state index is 12.8. The molecular formula is C20H19BrN2O3S. The number of nitrogens with one attached hydrogen (secondary N) is 1. The predicted octanol–water partition coefficient (Wildman–Crippen LogP) is 4.85. The first kappa shape index (κ1) is 19.5. The van der Waals surface area contributed by atoms with E-state index in [9.17, 15) is 9.59 Å². The number of esters is 1. The monoisotopic (exact) mass is 446 g/mol. The highest BCUT2D eigenvalue weighted by Crippen LogP contribution is 2.31. The zero-order valence-corrected chi connectivity index (χ0v) is 17.4. The van der Waals surface area contributed by atoms with Gasteiger partial charge in [0, 0.05) is 34.3 Å². The molecule has 1 amide bonds. The summed E-state index contributed by atoms with van der Waals surface area (Å²) in [6, 6.07) is 15.4. The average molecular weight is 447 g/mol. The van der Waals surface area contributed by atoms with Gasteiger partial charge in [-0.25, -0.2) is 0 Å². The van der Waals surface area contributed by atoms with E-state index in [-0.39, 0.29) is 11.9 Å². The number of aromatic nitrogens is 1. The molecule has 0 unspecified atom stereocenters. The van der Waals surface area contributed by atoms with Gasteiger partial charge >= 0.3 is 5.97 Å². The Balaban J connectivity index is 1.75. The lowest BCUT2D eigenvalue weighted by Crippen LogP contribution is -2.16. The Kier molecular flexibility index (Phi) is 6.23. The van der Waals surface area contributed by atoms with Crippen LogP contribution in [0.25, 0.3) is 10.9 Å². The Bertz CT molecular complexity index is 961. The highest BCUT2D eigenvalue weighted by atomic mass is 79.9. The van der Waals surface area contributed by atoms with Crippen LogP contribution in [0.5, 0.6) is 0 Å². The molecule has 0 saturated carbocycles. The van der Waals surface area contributed by atoms with Crippen molar-refractivity contribution in [3.63, 3.8) is 0 Å². The van der Waals surface area contributed by atoms with Crippen molar-refractivity contribution >= 4 is 56.2 Å². The number of anilines is 1. The number of hydrogen-bond acceptors (Lipinski definition) is 4. The molecule has 0 aliphatic rings. The lowest BCUT2D eigenvalue weighted by Gasteiger charge is -2.09. The molecule has 0 aliphatic heterocycles. The molecule has 0 radical (unpaired) electrons. The van der Waals surface area contributed by atoms with E-state index in [1.54, 1.807) is 11.8 Å². The summed E-state index contributed by atoms with van der Waals surface area (Å²) in [6.45, 7) is 0. The van der Waals surface area contributed by atoms with E-state index >= 15 is 0 Å². The first-order valence-corrected chi connectivity index (χ1v) is 10.1. The molecule has 3 rings (SSSR count). The molecular weight excluding hydrogens is 428 g/mol. The number of aryl methyl sites for hydroxylation is 1. The third kappa shape index (κ3) is 4.36. The van der Waals surface area contributed by atoms with Crippen LogP contribution in [-0.4, -0.2) is 29.3 Å². The molecule has 3 aromatic rings. The lowest BCUT2D eigenvalue weighted by molar-refractivity contribution is -0.140. The number of carbonyl (C=O) groups excluding carboxylic acids is 2. The summed E-state index contributed by atoms with van der Waals surface area (Å²) < 4.78 is 7.30. The average Bonchev–Trinajstić information content (AvgIpc) is 2.93. The summed E-state index contributed by atoms with van der Waals surface area (Å²) in [5, 5.41) is 3.95. The molecule has 1 aromatic heterocycles. The minimum Gasteiger partial charge on any atom is -0.469 e. The zero-order valence-electron chi connectivity index (χ0n) is 15.0. The first-order chi connectivity index (χ1) is 13.0. The molecule has 140 valence electrons. The molecule has 7 heteroatoms. The van der Waals surface area contributed by atoms with Crippen LogP contribution in [-0.2, 0) is 16.6 Å². The number of hydrogen-bond donors (Lipinski definition) is 1. The van der Waals surface area contributed by atoms with Gasteiger partial charge in [0.2, 0.25) is 0 Å². The number of para-hydroxylation sites is 1. The van der Waals surface area contributed by atoms with Gasteiger partial charge in [-0.15, -0.1) is 11.8 Å². The lowest BCUT2D eigenvalue weighted by atomic mass is 10.2. The topological polar surface area (TPSA) is 60.3 Å². The fourth-order valence-corrected chi connectivity index (χ4v) is 4.48. The van der Waals surface area contributed by atoms with Gasteiger partial charge in [0.15, 0.2) is 0 Å². The predicted molar refractivity (Wildman–Crippen MR) is 112 cm³/mol. The minimum atomic E-state index is -0.229. The van der Waals surface area contributed by atoms with E-state index in [4.69, 9.17) is 0 Å². The van der Waals surface area contributed by atoms with Gasteiger partial charge in [-0.05, 0) is 40.2 Å². The highest BCUT2D eigenvalue weighted by Gasteiger charge is 2.19. The van der Waals surface area contributed by atoms with Crippen LogP contribution in [0.2, 0.25) is 0 Å². The number of nitrogens with zero attached hydrogens (tertiary/aromatic N) is 1. The van der Waals surface area contributed by atoms with Crippen LogP contribution in [0.15, 0.2) is 57.9 Å². The maximum atomic E-state index is 12.8. The zero-order chi connectivity index (χ0) is 19.4. The maximum Gasteiger partial charge on any atom is 0.306 e. The molecule has 0 atom stereocenters. The van der Waals surface area contributed by atoms with Crippen molar-refractivity contribution in [3.8, 4) is 0 Å².